The van der Waals surface area contributed by atoms with Gasteiger partial charge in [-0.15, -0.1) is 11.3 Å². The molecule has 0 bridgehead atoms. The molecule has 0 aliphatic heterocycles. The first-order chi connectivity index (χ1) is 14.3. The summed E-state index contributed by atoms with van der Waals surface area (Å²) < 4.78 is 29.6. The standard InChI is InChI=1S/C20H19N5O3S2/c1-12(2)25-10-15(17-19(21)22-11-23-20(17)25)18(26)13-5-3-6-14(9-13)24-30(27,28)16-7-4-8-29-16/h3-12,24H,1-2H3,(H2,21,22,23). The van der Waals surface area contributed by atoms with Gasteiger partial charge in [-0.3, -0.25) is 9.52 Å². The Bertz CT molecular complexity index is 1340. The highest BCUT2D eigenvalue weighted by Gasteiger charge is 2.22. The predicted octanol–water partition coefficient (Wildman–Crippen LogP) is 3.69. The Kier molecular flexibility index (Phi) is 5.04. The lowest BCUT2D eigenvalue weighted by Gasteiger charge is -2.08. The topological polar surface area (TPSA) is 120 Å². The van der Waals surface area contributed by atoms with E-state index >= 15 is 0 Å². The van der Waals surface area contributed by atoms with E-state index in [2.05, 4.69) is 14.7 Å². The third-order valence-corrected chi connectivity index (χ3v) is 7.36. The normalized spacial score (nSPS) is 11.8. The Morgan fingerprint density at radius 1 is 1.20 bits per heavy atom. The molecule has 0 saturated carbocycles. The van der Waals surface area contributed by atoms with Crippen LogP contribution in [0.4, 0.5) is 11.5 Å². The lowest BCUT2D eigenvalue weighted by molar-refractivity contribution is 0.104. The van der Waals surface area contributed by atoms with Crippen molar-refractivity contribution in [2.45, 2.75) is 24.1 Å². The first-order valence-corrected chi connectivity index (χ1v) is 11.5. The second-order valence-corrected chi connectivity index (χ2v) is 9.81. The second-order valence-electron chi connectivity index (χ2n) is 6.95. The summed E-state index contributed by atoms with van der Waals surface area (Å²) in [6, 6.07) is 9.60. The Balaban J connectivity index is 1.74. The number of rotatable bonds is 6. The maximum atomic E-state index is 13.3. The van der Waals surface area contributed by atoms with Crippen molar-refractivity contribution in [3.63, 3.8) is 0 Å². The van der Waals surface area contributed by atoms with Gasteiger partial charge in [0.2, 0.25) is 0 Å². The first-order valence-electron chi connectivity index (χ1n) is 9.10. The van der Waals surface area contributed by atoms with E-state index in [-0.39, 0.29) is 21.9 Å². The van der Waals surface area contributed by atoms with Crippen molar-refractivity contribution in [1.82, 2.24) is 14.5 Å². The average Bonchev–Trinajstić information content (AvgIpc) is 3.36. The van der Waals surface area contributed by atoms with Crippen LogP contribution >= 0.6 is 11.3 Å². The number of thiophene rings is 1. The van der Waals surface area contributed by atoms with Crippen LogP contribution in [0, 0.1) is 0 Å². The molecule has 154 valence electrons. The summed E-state index contributed by atoms with van der Waals surface area (Å²) in [6.07, 6.45) is 3.08. The largest absolute Gasteiger partial charge is 0.383 e. The quantitative estimate of drug-likeness (QED) is 0.440. The summed E-state index contributed by atoms with van der Waals surface area (Å²) in [5, 5.41) is 2.17. The number of carbonyl (C=O) groups is 1. The van der Waals surface area contributed by atoms with E-state index in [1.54, 1.807) is 35.8 Å². The van der Waals surface area contributed by atoms with Gasteiger partial charge in [-0.05, 0) is 37.4 Å². The fraction of sp³-hybridized carbons (Fsp3) is 0.150. The molecule has 3 aromatic heterocycles. The van der Waals surface area contributed by atoms with Crippen LogP contribution in [-0.4, -0.2) is 28.7 Å². The van der Waals surface area contributed by atoms with Gasteiger partial charge in [0.25, 0.3) is 10.0 Å². The number of hydrogen-bond donors (Lipinski definition) is 2. The highest BCUT2D eigenvalue weighted by atomic mass is 32.2. The molecule has 0 unspecified atom stereocenters. The molecular weight excluding hydrogens is 422 g/mol. The molecule has 0 fully saturated rings. The van der Waals surface area contributed by atoms with Gasteiger partial charge in [-0.2, -0.15) is 0 Å². The molecule has 0 saturated heterocycles. The summed E-state index contributed by atoms with van der Waals surface area (Å²) in [4.78, 5) is 21.6. The third-order valence-electron chi connectivity index (χ3n) is 4.58. The number of anilines is 2. The molecule has 0 aliphatic rings. The maximum Gasteiger partial charge on any atom is 0.271 e. The molecule has 4 aromatic rings. The second kappa shape index (κ2) is 7.54. The Labute approximate surface area is 177 Å². The summed E-state index contributed by atoms with van der Waals surface area (Å²) in [6.45, 7) is 3.96. The minimum atomic E-state index is -3.71. The lowest BCUT2D eigenvalue weighted by atomic mass is 10.0. The van der Waals surface area contributed by atoms with Crippen molar-refractivity contribution < 1.29 is 13.2 Å². The van der Waals surface area contributed by atoms with Gasteiger partial charge in [-0.25, -0.2) is 18.4 Å². The van der Waals surface area contributed by atoms with Gasteiger partial charge in [0, 0.05) is 23.5 Å². The van der Waals surface area contributed by atoms with Crippen LogP contribution in [0.25, 0.3) is 11.0 Å². The van der Waals surface area contributed by atoms with Crippen LogP contribution < -0.4 is 10.5 Å². The number of carbonyl (C=O) groups excluding carboxylic acids is 1. The molecular formula is C20H19N5O3S2. The van der Waals surface area contributed by atoms with Crippen LogP contribution in [-0.2, 0) is 10.0 Å². The zero-order valence-electron chi connectivity index (χ0n) is 16.2. The Morgan fingerprint density at radius 3 is 2.70 bits per heavy atom. The SMILES string of the molecule is CC(C)n1cc(C(=O)c2cccc(NS(=O)(=O)c3cccs3)c2)c2c(N)ncnc21. The summed E-state index contributed by atoms with van der Waals surface area (Å²) >= 11 is 1.12. The molecule has 0 atom stereocenters. The minimum absolute atomic E-state index is 0.0623. The molecule has 30 heavy (non-hydrogen) atoms. The first kappa shape index (κ1) is 20.0. The third kappa shape index (κ3) is 3.55. The maximum absolute atomic E-state index is 13.3. The van der Waals surface area contributed by atoms with E-state index in [1.165, 1.54) is 18.5 Å². The smallest absolute Gasteiger partial charge is 0.271 e. The van der Waals surface area contributed by atoms with E-state index in [4.69, 9.17) is 5.73 Å². The Morgan fingerprint density at radius 2 is 2.00 bits per heavy atom. The van der Waals surface area contributed by atoms with Crippen molar-refractivity contribution in [1.29, 1.82) is 0 Å². The number of fused-ring (bicyclic) bond motifs is 1. The van der Waals surface area contributed by atoms with Gasteiger partial charge in [0.1, 0.15) is 22.0 Å². The molecule has 10 heteroatoms. The number of nitrogens with one attached hydrogen (secondary N) is 1. The number of benzene rings is 1. The number of aromatic nitrogens is 3. The van der Waals surface area contributed by atoms with Gasteiger partial charge >= 0.3 is 0 Å². The fourth-order valence-corrected chi connectivity index (χ4v) is 5.22. The van der Waals surface area contributed by atoms with Crippen molar-refractivity contribution in [3.05, 3.63) is 65.4 Å². The number of nitrogen functional groups attached to an aromatic ring is 1. The highest BCUT2D eigenvalue weighted by Crippen LogP contribution is 2.29. The van der Waals surface area contributed by atoms with Gasteiger partial charge in [0.05, 0.1) is 10.9 Å². The van der Waals surface area contributed by atoms with Gasteiger partial charge < -0.3 is 10.3 Å². The van der Waals surface area contributed by atoms with Crippen LogP contribution in [0.2, 0.25) is 0 Å². The number of sulfonamides is 1. The highest BCUT2D eigenvalue weighted by molar-refractivity contribution is 7.94. The molecule has 0 aliphatic carbocycles. The summed E-state index contributed by atoms with van der Waals surface area (Å²) in [7, 11) is -3.71. The van der Waals surface area contributed by atoms with Gasteiger partial charge in [-0.1, -0.05) is 18.2 Å². The van der Waals surface area contributed by atoms with Crippen molar-refractivity contribution in [2.75, 3.05) is 10.5 Å². The van der Waals surface area contributed by atoms with Crippen LogP contribution in [0.15, 0.2) is 58.5 Å². The number of ketones is 1. The van der Waals surface area contributed by atoms with Crippen molar-refractivity contribution >= 4 is 49.7 Å². The zero-order valence-corrected chi connectivity index (χ0v) is 17.9. The van der Waals surface area contributed by atoms with E-state index in [1.807, 2.05) is 18.4 Å². The van der Waals surface area contributed by atoms with Crippen LogP contribution in [0.3, 0.4) is 0 Å². The summed E-state index contributed by atoms with van der Waals surface area (Å²) in [5.74, 6) is -0.0737. The molecule has 0 amide bonds. The molecule has 8 nitrogen and oxygen atoms in total. The van der Waals surface area contributed by atoms with Crippen LogP contribution in [0.5, 0.6) is 0 Å². The molecule has 1 aromatic carbocycles. The average molecular weight is 442 g/mol. The van der Waals surface area contributed by atoms with E-state index in [9.17, 15) is 13.2 Å². The van der Waals surface area contributed by atoms with E-state index in [0.717, 1.165) is 11.3 Å². The monoisotopic (exact) mass is 441 g/mol. The molecule has 3 N–H and O–H groups in total. The molecule has 4 rings (SSSR count). The predicted molar refractivity (Wildman–Crippen MR) is 117 cm³/mol. The fourth-order valence-electron chi connectivity index (χ4n) is 3.18. The minimum Gasteiger partial charge on any atom is -0.383 e. The number of nitrogens with two attached hydrogens (primary N) is 1. The molecule has 0 spiro atoms. The van der Waals surface area contributed by atoms with Crippen molar-refractivity contribution in [3.8, 4) is 0 Å². The van der Waals surface area contributed by atoms with Crippen LogP contribution in [0.1, 0.15) is 35.8 Å². The molecule has 0 radical (unpaired) electrons. The summed E-state index contributed by atoms with van der Waals surface area (Å²) in [5.41, 5.74) is 7.62. The number of hydrogen-bond acceptors (Lipinski definition) is 7. The lowest BCUT2D eigenvalue weighted by Crippen LogP contribution is -2.12. The number of nitrogens with zero attached hydrogens (tertiary/aromatic N) is 3. The van der Waals surface area contributed by atoms with E-state index < -0.39 is 10.0 Å². The van der Waals surface area contributed by atoms with Gasteiger partial charge in [0.15, 0.2) is 5.78 Å². The van der Waals surface area contributed by atoms with E-state index in [0.29, 0.717) is 27.8 Å². The van der Waals surface area contributed by atoms with Crippen molar-refractivity contribution in [2.24, 2.45) is 0 Å². The Hall–Kier alpha value is -3.24. The zero-order chi connectivity index (χ0) is 21.5. The molecule has 3 heterocycles.